The number of hydrogen-bond donors (Lipinski definition) is 0. The number of rotatable bonds is 5. The third kappa shape index (κ3) is 3.42. The number of fused-ring (bicyclic) bond motifs is 1. The van der Waals surface area contributed by atoms with Gasteiger partial charge in [-0.25, -0.2) is 9.37 Å². The van der Waals surface area contributed by atoms with Crippen LogP contribution in [-0.4, -0.2) is 30.1 Å². The van der Waals surface area contributed by atoms with E-state index in [2.05, 4.69) is 0 Å². The van der Waals surface area contributed by atoms with Gasteiger partial charge in [0.2, 0.25) is 5.91 Å². The summed E-state index contributed by atoms with van der Waals surface area (Å²) < 4.78 is 20.1. The van der Waals surface area contributed by atoms with Gasteiger partial charge in [-0.15, -0.1) is 0 Å². The van der Waals surface area contributed by atoms with Crippen molar-refractivity contribution >= 4 is 32.6 Å². The molecule has 2 fully saturated rings. The predicted octanol–water partition coefficient (Wildman–Crippen LogP) is 4.75. The van der Waals surface area contributed by atoms with Crippen LogP contribution in [0.25, 0.3) is 10.2 Å². The Morgan fingerprint density at radius 2 is 2.04 bits per heavy atom. The molecule has 28 heavy (non-hydrogen) atoms. The number of para-hydroxylation sites is 1. The first-order chi connectivity index (χ1) is 13.7. The Balaban J connectivity index is 1.40. The van der Waals surface area contributed by atoms with Crippen molar-refractivity contribution in [1.29, 1.82) is 0 Å². The summed E-state index contributed by atoms with van der Waals surface area (Å²) in [5, 5.41) is 0.742. The van der Waals surface area contributed by atoms with Crippen molar-refractivity contribution in [2.75, 3.05) is 18.1 Å². The van der Waals surface area contributed by atoms with E-state index in [0.29, 0.717) is 6.54 Å². The Hall–Kier alpha value is -2.31. The normalized spacial score (nSPS) is 23.8. The molecule has 144 valence electrons. The van der Waals surface area contributed by atoms with Crippen molar-refractivity contribution in [3.05, 3.63) is 59.9 Å². The number of anilines is 1. The molecule has 1 amide bonds. The van der Waals surface area contributed by atoms with Gasteiger partial charge >= 0.3 is 0 Å². The second-order valence-corrected chi connectivity index (χ2v) is 8.56. The van der Waals surface area contributed by atoms with Crippen LogP contribution in [0, 0.1) is 11.7 Å². The second kappa shape index (κ2) is 7.26. The SMILES string of the molecule is O=C(C1CC1c1ccc(F)cc1)N(CC1CCCO1)c1nc2ccccc2s1. The van der Waals surface area contributed by atoms with Crippen LogP contribution in [0.3, 0.4) is 0 Å². The van der Waals surface area contributed by atoms with E-state index in [1.165, 1.54) is 12.1 Å². The highest BCUT2D eigenvalue weighted by molar-refractivity contribution is 7.22. The van der Waals surface area contributed by atoms with E-state index >= 15 is 0 Å². The molecule has 1 aromatic heterocycles. The Morgan fingerprint density at radius 1 is 1.21 bits per heavy atom. The molecule has 0 N–H and O–H groups in total. The minimum Gasteiger partial charge on any atom is -0.376 e. The molecule has 1 saturated carbocycles. The summed E-state index contributed by atoms with van der Waals surface area (Å²) in [5.41, 5.74) is 1.94. The van der Waals surface area contributed by atoms with Gasteiger partial charge in [0, 0.05) is 12.5 Å². The Morgan fingerprint density at radius 3 is 2.79 bits per heavy atom. The molecule has 4 nitrogen and oxygen atoms in total. The van der Waals surface area contributed by atoms with Gasteiger partial charge in [-0.05, 0) is 55.0 Å². The molecule has 1 saturated heterocycles. The Bertz CT molecular complexity index is 964. The molecule has 0 spiro atoms. The molecular formula is C22H21FN2O2S. The summed E-state index contributed by atoms with van der Waals surface area (Å²) in [6.45, 7) is 1.31. The number of thiazole rings is 1. The summed E-state index contributed by atoms with van der Waals surface area (Å²) in [5.74, 6) is -0.0565. The third-order valence-corrected chi connectivity index (χ3v) is 6.65. The fourth-order valence-electron chi connectivity index (χ4n) is 3.98. The number of benzene rings is 2. The standard InChI is InChI=1S/C22H21FN2O2S/c23-15-9-7-14(8-10-15)17-12-18(17)21(26)25(13-16-4-3-11-27-16)22-24-19-5-1-2-6-20(19)28-22/h1-2,5-10,16-18H,3-4,11-13H2. The van der Waals surface area contributed by atoms with Crippen molar-refractivity contribution < 1.29 is 13.9 Å². The molecule has 3 atom stereocenters. The van der Waals surface area contributed by atoms with Gasteiger partial charge in [0.15, 0.2) is 5.13 Å². The zero-order valence-corrected chi connectivity index (χ0v) is 16.2. The number of ether oxygens (including phenoxy) is 1. The number of amides is 1. The highest BCUT2D eigenvalue weighted by Gasteiger charge is 2.47. The lowest BCUT2D eigenvalue weighted by Gasteiger charge is -2.23. The van der Waals surface area contributed by atoms with Crippen molar-refractivity contribution in [3.63, 3.8) is 0 Å². The summed E-state index contributed by atoms with van der Waals surface area (Å²) >= 11 is 1.55. The minimum absolute atomic E-state index is 0.0685. The van der Waals surface area contributed by atoms with E-state index in [-0.39, 0.29) is 29.7 Å². The summed E-state index contributed by atoms with van der Waals surface area (Å²) in [6, 6.07) is 14.5. The molecule has 0 bridgehead atoms. The maximum absolute atomic E-state index is 13.4. The predicted molar refractivity (Wildman–Crippen MR) is 108 cm³/mol. The van der Waals surface area contributed by atoms with Crippen molar-refractivity contribution in [1.82, 2.24) is 4.98 Å². The van der Waals surface area contributed by atoms with Gasteiger partial charge in [-0.2, -0.15) is 0 Å². The molecule has 5 rings (SSSR count). The van der Waals surface area contributed by atoms with Gasteiger partial charge < -0.3 is 4.74 Å². The molecule has 1 aliphatic carbocycles. The van der Waals surface area contributed by atoms with Gasteiger partial charge in [0.25, 0.3) is 0 Å². The first kappa shape index (κ1) is 17.8. The quantitative estimate of drug-likeness (QED) is 0.625. The summed E-state index contributed by atoms with van der Waals surface area (Å²) in [4.78, 5) is 19.9. The number of aromatic nitrogens is 1. The number of carbonyl (C=O) groups is 1. The zero-order valence-electron chi connectivity index (χ0n) is 15.4. The van der Waals surface area contributed by atoms with E-state index in [4.69, 9.17) is 9.72 Å². The molecule has 1 aliphatic heterocycles. The summed E-state index contributed by atoms with van der Waals surface area (Å²) in [6.07, 6.45) is 2.88. The van der Waals surface area contributed by atoms with Crippen molar-refractivity contribution in [2.24, 2.45) is 5.92 Å². The van der Waals surface area contributed by atoms with E-state index in [0.717, 1.165) is 46.8 Å². The van der Waals surface area contributed by atoms with Gasteiger partial charge in [0.1, 0.15) is 5.82 Å². The van der Waals surface area contributed by atoms with Gasteiger partial charge in [-0.1, -0.05) is 35.6 Å². The van der Waals surface area contributed by atoms with Gasteiger partial charge in [-0.3, -0.25) is 9.69 Å². The monoisotopic (exact) mass is 396 g/mol. The van der Waals surface area contributed by atoms with E-state index in [1.54, 1.807) is 23.5 Å². The van der Waals surface area contributed by atoms with E-state index < -0.39 is 0 Å². The molecule has 3 unspecified atom stereocenters. The fourth-order valence-corrected chi connectivity index (χ4v) is 4.96. The minimum atomic E-state index is -0.248. The molecule has 2 aromatic carbocycles. The molecule has 0 radical (unpaired) electrons. The Labute approximate surface area is 167 Å². The van der Waals surface area contributed by atoms with Crippen molar-refractivity contribution in [2.45, 2.75) is 31.3 Å². The highest BCUT2D eigenvalue weighted by atomic mass is 32.1. The van der Waals surface area contributed by atoms with E-state index in [1.807, 2.05) is 29.2 Å². The first-order valence-corrected chi connectivity index (χ1v) is 10.5. The number of nitrogens with zero attached hydrogens (tertiary/aromatic N) is 2. The second-order valence-electron chi connectivity index (χ2n) is 7.55. The molecule has 2 heterocycles. The third-order valence-electron chi connectivity index (χ3n) is 5.60. The number of halogens is 1. The van der Waals surface area contributed by atoms with Crippen LogP contribution in [0.15, 0.2) is 48.5 Å². The molecular weight excluding hydrogens is 375 g/mol. The lowest BCUT2D eigenvalue weighted by Crippen LogP contribution is -2.38. The molecule has 6 heteroatoms. The van der Waals surface area contributed by atoms with Crippen LogP contribution in [0.4, 0.5) is 9.52 Å². The van der Waals surface area contributed by atoms with Crippen molar-refractivity contribution in [3.8, 4) is 0 Å². The van der Waals surface area contributed by atoms with Gasteiger partial charge in [0.05, 0.1) is 22.9 Å². The van der Waals surface area contributed by atoms with Crippen LogP contribution in [0.5, 0.6) is 0 Å². The average molecular weight is 396 g/mol. The first-order valence-electron chi connectivity index (χ1n) is 9.73. The average Bonchev–Trinajstić information content (AvgIpc) is 3.12. The maximum Gasteiger partial charge on any atom is 0.232 e. The van der Waals surface area contributed by atoms with Crippen LogP contribution in [0.1, 0.15) is 30.7 Å². The van der Waals surface area contributed by atoms with Crippen LogP contribution in [-0.2, 0) is 9.53 Å². The smallest absolute Gasteiger partial charge is 0.232 e. The largest absolute Gasteiger partial charge is 0.376 e. The lowest BCUT2D eigenvalue weighted by molar-refractivity contribution is -0.120. The van der Waals surface area contributed by atoms with Crippen LogP contribution < -0.4 is 4.90 Å². The zero-order chi connectivity index (χ0) is 19.1. The topological polar surface area (TPSA) is 42.4 Å². The van der Waals surface area contributed by atoms with E-state index in [9.17, 15) is 9.18 Å². The lowest BCUT2D eigenvalue weighted by atomic mass is 10.1. The fraction of sp³-hybridized carbons (Fsp3) is 0.364. The molecule has 2 aliphatic rings. The highest BCUT2D eigenvalue weighted by Crippen LogP contribution is 2.49. The maximum atomic E-state index is 13.4. The number of carbonyl (C=O) groups excluding carboxylic acids is 1. The van der Waals surface area contributed by atoms with Crippen LogP contribution in [0.2, 0.25) is 0 Å². The Kier molecular flexibility index (Phi) is 4.61. The number of hydrogen-bond acceptors (Lipinski definition) is 4. The summed E-state index contributed by atoms with van der Waals surface area (Å²) in [7, 11) is 0. The van der Waals surface area contributed by atoms with Crippen LogP contribution >= 0.6 is 11.3 Å². The molecule has 3 aromatic rings.